The molecule has 0 N–H and O–H groups in total. The Labute approximate surface area is 257 Å². The average molecular weight is 567 g/mol. The summed E-state index contributed by atoms with van der Waals surface area (Å²) in [4.78, 5) is 5.27. The minimum Gasteiger partial charge on any atom is -0.356 e. The third kappa shape index (κ3) is 18.7. The molecule has 2 nitrogen and oxygen atoms in total. The fourth-order valence-electron chi connectivity index (χ4n) is 6.55. The second-order valence-corrected chi connectivity index (χ2v) is 13.1. The van der Waals surface area contributed by atoms with Crippen LogP contribution in [0.3, 0.4) is 0 Å². The minimum absolute atomic E-state index is 0.552. The van der Waals surface area contributed by atoms with Gasteiger partial charge < -0.3 is 9.80 Å². The van der Waals surface area contributed by atoms with Gasteiger partial charge >= 0.3 is 0 Å². The number of benzene rings is 1. The fourth-order valence-corrected chi connectivity index (χ4v) is 6.55. The predicted octanol–water partition coefficient (Wildman–Crippen LogP) is 12.8. The van der Waals surface area contributed by atoms with Gasteiger partial charge in [-0.05, 0) is 24.8 Å². The molecule has 0 aromatic heterocycles. The van der Waals surface area contributed by atoms with Crippen LogP contribution in [-0.4, -0.2) is 22.5 Å². The summed E-state index contributed by atoms with van der Waals surface area (Å²) in [5, 5.41) is 0. The molecule has 236 valence electrons. The first-order valence-corrected chi connectivity index (χ1v) is 18.6. The largest absolute Gasteiger partial charge is 0.356 e. The zero-order valence-electron chi connectivity index (χ0n) is 27.8. The Morgan fingerprint density at radius 1 is 0.439 bits per heavy atom. The van der Waals surface area contributed by atoms with E-state index in [9.17, 15) is 0 Å². The normalized spacial score (nSPS) is 14.9. The van der Waals surface area contributed by atoms with Gasteiger partial charge in [-0.3, -0.25) is 0 Å². The molecule has 1 aliphatic heterocycles. The number of rotatable bonds is 29. The van der Waals surface area contributed by atoms with Gasteiger partial charge in [0, 0.05) is 25.5 Å². The van der Waals surface area contributed by atoms with Crippen molar-refractivity contribution in [3.8, 4) is 0 Å². The molecule has 0 amide bonds. The van der Waals surface area contributed by atoms with Crippen LogP contribution >= 0.6 is 0 Å². The summed E-state index contributed by atoms with van der Waals surface area (Å²) in [7, 11) is 0. The lowest BCUT2D eigenvalue weighted by molar-refractivity contribution is 0.132. The van der Waals surface area contributed by atoms with Crippen LogP contribution in [0.2, 0.25) is 0 Å². The summed E-state index contributed by atoms with van der Waals surface area (Å²) in [5.74, 6) is 0. The zero-order valence-corrected chi connectivity index (χ0v) is 27.8. The lowest BCUT2D eigenvalue weighted by Gasteiger charge is -2.33. The van der Waals surface area contributed by atoms with Crippen LogP contribution in [0.15, 0.2) is 42.7 Å². The van der Waals surface area contributed by atoms with Crippen LogP contribution in [-0.2, 0) is 6.54 Å². The first-order valence-electron chi connectivity index (χ1n) is 18.6. The van der Waals surface area contributed by atoms with Crippen LogP contribution in [0.4, 0.5) is 0 Å². The predicted molar refractivity (Wildman–Crippen MR) is 183 cm³/mol. The smallest absolute Gasteiger partial charge is 0.101 e. The van der Waals surface area contributed by atoms with Crippen LogP contribution < -0.4 is 0 Å². The second-order valence-electron chi connectivity index (χ2n) is 13.1. The molecule has 0 saturated heterocycles. The second kappa shape index (κ2) is 26.2. The monoisotopic (exact) mass is 567 g/mol. The van der Waals surface area contributed by atoms with Gasteiger partial charge in [-0.25, -0.2) is 0 Å². The molecule has 1 aromatic carbocycles. The Bertz CT molecular complexity index is 699. The average Bonchev–Trinajstić information content (AvgIpc) is 3.37. The first kappa shape index (κ1) is 35.8. The van der Waals surface area contributed by atoms with Crippen molar-refractivity contribution in [2.75, 3.05) is 6.54 Å². The Balaban J connectivity index is 1.54. The van der Waals surface area contributed by atoms with Crippen LogP contribution in [0.5, 0.6) is 0 Å². The Kier molecular flexibility index (Phi) is 22.9. The topological polar surface area (TPSA) is 6.48 Å². The number of unbranched alkanes of at least 4 members (excludes halogenated alkanes) is 23. The van der Waals surface area contributed by atoms with Crippen LogP contribution in [0, 0.1) is 0 Å². The summed E-state index contributed by atoms with van der Waals surface area (Å²) in [6.07, 6.45) is 42.4. The summed E-state index contributed by atoms with van der Waals surface area (Å²) in [6.45, 7) is 6.87. The molecule has 0 fully saturated rings. The van der Waals surface area contributed by atoms with Gasteiger partial charge in [0.25, 0.3) is 0 Å². The molecule has 1 aliphatic rings. The van der Waals surface area contributed by atoms with Crippen molar-refractivity contribution in [3.05, 3.63) is 48.3 Å². The van der Waals surface area contributed by atoms with Gasteiger partial charge in [-0.15, -0.1) is 0 Å². The molecular weight excluding hydrogens is 496 g/mol. The molecule has 1 unspecified atom stereocenters. The third-order valence-corrected chi connectivity index (χ3v) is 9.26. The summed E-state index contributed by atoms with van der Waals surface area (Å²) in [5.41, 5.74) is 1.43. The van der Waals surface area contributed by atoms with E-state index in [1.165, 1.54) is 179 Å². The van der Waals surface area contributed by atoms with Crippen molar-refractivity contribution in [2.45, 2.75) is 193 Å². The quantitative estimate of drug-likeness (QED) is 0.0890. The van der Waals surface area contributed by atoms with Crippen LogP contribution in [0.25, 0.3) is 0 Å². The van der Waals surface area contributed by atoms with E-state index in [4.69, 9.17) is 0 Å². The minimum atomic E-state index is 0.552. The highest BCUT2D eigenvalue weighted by molar-refractivity contribution is 5.16. The molecule has 1 aromatic rings. The summed E-state index contributed by atoms with van der Waals surface area (Å²) >= 11 is 0. The molecule has 1 heterocycles. The maximum absolute atomic E-state index is 2.66. The maximum atomic E-state index is 2.66. The van der Waals surface area contributed by atoms with E-state index in [1.54, 1.807) is 0 Å². The highest BCUT2D eigenvalue weighted by Crippen LogP contribution is 2.25. The van der Waals surface area contributed by atoms with Gasteiger partial charge in [-0.1, -0.05) is 192 Å². The van der Waals surface area contributed by atoms with Crippen molar-refractivity contribution in [1.29, 1.82) is 0 Å². The molecule has 41 heavy (non-hydrogen) atoms. The lowest BCUT2D eigenvalue weighted by Crippen LogP contribution is -2.38. The van der Waals surface area contributed by atoms with Gasteiger partial charge in [-0.2, -0.15) is 0 Å². The number of hydrogen-bond donors (Lipinski definition) is 0. The molecule has 0 bridgehead atoms. The van der Waals surface area contributed by atoms with Crippen molar-refractivity contribution in [3.63, 3.8) is 0 Å². The third-order valence-electron chi connectivity index (χ3n) is 9.26. The molecule has 1 atom stereocenters. The fraction of sp³-hybridized carbons (Fsp3) is 0.795. The highest BCUT2D eigenvalue weighted by Gasteiger charge is 2.25. The standard InChI is InChI=1S/C39H70N2/c1-3-5-7-9-11-13-14-15-16-17-18-19-20-22-24-29-33-39-40(34-30-25-23-21-12-10-8-6-4-2)35-36-41(39)37-38-31-27-26-28-32-38/h26-28,31-32,35-36,39H,3-25,29-30,33-34,37H2,1-2H3. The molecule has 0 radical (unpaired) electrons. The van der Waals surface area contributed by atoms with E-state index in [0.29, 0.717) is 6.17 Å². The van der Waals surface area contributed by atoms with E-state index < -0.39 is 0 Å². The lowest BCUT2D eigenvalue weighted by atomic mass is 10.0. The van der Waals surface area contributed by atoms with Gasteiger partial charge in [0.05, 0.1) is 0 Å². The Hall–Kier alpha value is -1.44. The zero-order chi connectivity index (χ0) is 29.1. The maximum Gasteiger partial charge on any atom is 0.101 e. The summed E-state index contributed by atoms with van der Waals surface area (Å²) in [6, 6.07) is 11.1. The van der Waals surface area contributed by atoms with E-state index in [-0.39, 0.29) is 0 Å². The van der Waals surface area contributed by atoms with E-state index in [0.717, 1.165) is 6.54 Å². The van der Waals surface area contributed by atoms with Crippen molar-refractivity contribution in [1.82, 2.24) is 9.80 Å². The highest BCUT2D eigenvalue weighted by atomic mass is 15.4. The molecule has 2 heteroatoms. The van der Waals surface area contributed by atoms with E-state index in [2.05, 4.69) is 66.4 Å². The molecule has 0 saturated carbocycles. The molecule has 0 spiro atoms. The van der Waals surface area contributed by atoms with Crippen molar-refractivity contribution in [2.24, 2.45) is 0 Å². The summed E-state index contributed by atoms with van der Waals surface area (Å²) < 4.78 is 0. The van der Waals surface area contributed by atoms with Gasteiger partial charge in [0.15, 0.2) is 0 Å². The SMILES string of the molecule is CCCCCCCCCCCCCCCCCCC1N(CCCCCCCCCCC)C=CN1Cc1ccccc1. The van der Waals surface area contributed by atoms with Gasteiger partial charge in [0.2, 0.25) is 0 Å². The Morgan fingerprint density at radius 3 is 1.29 bits per heavy atom. The Morgan fingerprint density at radius 2 is 0.829 bits per heavy atom. The van der Waals surface area contributed by atoms with E-state index >= 15 is 0 Å². The van der Waals surface area contributed by atoms with Crippen LogP contribution in [0.1, 0.15) is 186 Å². The first-order chi connectivity index (χ1) is 20.3. The molecule has 2 rings (SSSR count). The number of nitrogens with zero attached hydrogens (tertiary/aromatic N) is 2. The molecule has 0 aliphatic carbocycles. The number of hydrogen-bond acceptors (Lipinski definition) is 2. The van der Waals surface area contributed by atoms with Crippen molar-refractivity contribution < 1.29 is 0 Å². The van der Waals surface area contributed by atoms with E-state index in [1.807, 2.05) is 0 Å². The molecular formula is C39H70N2. The van der Waals surface area contributed by atoms with Crippen molar-refractivity contribution >= 4 is 0 Å². The van der Waals surface area contributed by atoms with Gasteiger partial charge in [0.1, 0.15) is 6.17 Å².